The van der Waals surface area contributed by atoms with Crippen molar-refractivity contribution in [3.63, 3.8) is 0 Å². The van der Waals surface area contributed by atoms with E-state index in [2.05, 4.69) is 22.6 Å². The summed E-state index contributed by atoms with van der Waals surface area (Å²) in [5.74, 6) is -0.754. The van der Waals surface area contributed by atoms with Crippen LogP contribution in [0.15, 0.2) is 24.3 Å². The lowest BCUT2D eigenvalue weighted by molar-refractivity contribution is -0.152. The van der Waals surface area contributed by atoms with Crippen molar-refractivity contribution in [1.82, 2.24) is 0 Å². The normalized spacial score (nSPS) is 15.7. The SMILES string of the molecule is O=C(CO)[C@@H](OCc1ccc(I)cc1)[C@H](O)[C@H](O)CO. The lowest BCUT2D eigenvalue weighted by Gasteiger charge is -2.24. The molecular formula is C13H17IO6. The first-order valence-electron chi connectivity index (χ1n) is 5.96. The van der Waals surface area contributed by atoms with Gasteiger partial charge in [-0.25, -0.2) is 0 Å². The van der Waals surface area contributed by atoms with Crippen LogP contribution >= 0.6 is 22.6 Å². The average molecular weight is 396 g/mol. The molecule has 0 saturated carbocycles. The summed E-state index contributed by atoms with van der Waals surface area (Å²) in [5.41, 5.74) is 0.784. The Hall–Kier alpha value is -0.580. The van der Waals surface area contributed by atoms with Crippen molar-refractivity contribution in [2.45, 2.75) is 24.9 Å². The van der Waals surface area contributed by atoms with E-state index in [-0.39, 0.29) is 6.61 Å². The summed E-state index contributed by atoms with van der Waals surface area (Å²) in [6.07, 6.45) is -4.49. The van der Waals surface area contributed by atoms with E-state index >= 15 is 0 Å². The van der Waals surface area contributed by atoms with Crippen LogP contribution in [0, 0.1) is 3.57 Å². The molecule has 0 saturated heterocycles. The molecule has 0 radical (unpaired) electrons. The second kappa shape index (κ2) is 8.65. The highest BCUT2D eigenvalue weighted by molar-refractivity contribution is 14.1. The van der Waals surface area contributed by atoms with Gasteiger partial charge in [-0.05, 0) is 40.3 Å². The zero-order valence-electron chi connectivity index (χ0n) is 10.6. The number of Topliss-reactive ketones (excluding diaryl/α,β-unsaturated/α-hetero) is 1. The van der Waals surface area contributed by atoms with Crippen molar-refractivity contribution < 1.29 is 30.0 Å². The number of hydrogen-bond donors (Lipinski definition) is 4. The second-order valence-electron chi connectivity index (χ2n) is 4.22. The van der Waals surface area contributed by atoms with E-state index in [9.17, 15) is 15.0 Å². The van der Waals surface area contributed by atoms with Gasteiger partial charge < -0.3 is 25.2 Å². The third-order valence-electron chi connectivity index (χ3n) is 2.71. The van der Waals surface area contributed by atoms with Crippen LogP contribution in [0.2, 0.25) is 0 Å². The molecule has 20 heavy (non-hydrogen) atoms. The maximum absolute atomic E-state index is 11.5. The van der Waals surface area contributed by atoms with Crippen LogP contribution in [0.5, 0.6) is 0 Å². The molecular weight excluding hydrogens is 379 g/mol. The minimum absolute atomic E-state index is 0.0442. The fourth-order valence-corrected chi connectivity index (χ4v) is 1.91. The molecule has 0 aliphatic rings. The molecule has 3 atom stereocenters. The Morgan fingerprint density at radius 2 is 1.80 bits per heavy atom. The summed E-state index contributed by atoms with van der Waals surface area (Å²) in [7, 11) is 0. The van der Waals surface area contributed by atoms with Gasteiger partial charge in [-0.2, -0.15) is 0 Å². The smallest absolute Gasteiger partial charge is 0.189 e. The maximum Gasteiger partial charge on any atom is 0.189 e. The number of carbonyl (C=O) groups excluding carboxylic acids is 1. The third-order valence-corrected chi connectivity index (χ3v) is 3.43. The minimum atomic E-state index is -1.59. The topological polar surface area (TPSA) is 107 Å². The molecule has 6 nitrogen and oxygen atoms in total. The first-order chi connectivity index (χ1) is 9.49. The first kappa shape index (κ1) is 17.5. The van der Waals surface area contributed by atoms with Crippen molar-refractivity contribution in [2.75, 3.05) is 13.2 Å². The highest BCUT2D eigenvalue weighted by Crippen LogP contribution is 2.12. The van der Waals surface area contributed by atoms with Gasteiger partial charge in [0, 0.05) is 3.57 Å². The lowest BCUT2D eigenvalue weighted by atomic mass is 10.0. The van der Waals surface area contributed by atoms with Crippen LogP contribution in [-0.2, 0) is 16.1 Å². The van der Waals surface area contributed by atoms with Crippen LogP contribution in [0.4, 0.5) is 0 Å². The van der Waals surface area contributed by atoms with Gasteiger partial charge in [-0.1, -0.05) is 12.1 Å². The number of benzene rings is 1. The predicted octanol–water partition coefficient (Wildman–Crippen LogP) is -0.548. The summed E-state index contributed by atoms with van der Waals surface area (Å²) in [5, 5.41) is 36.7. The summed E-state index contributed by atoms with van der Waals surface area (Å²) < 4.78 is 6.32. The Bertz CT molecular complexity index is 421. The number of aliphatic hydroxyl groups is 4. The van der Waals surface area contributed by atoms with Gasteiger partial charge in [0.2, 0.25) is 0 Å². The standard InChI is InChI=1S/C13H17IO6/c14-9-3-1-8(2-4-9)7-20-13(11(18)6-16)12(19)10(17)5-15/h1-4,10,12-13,15-17,19H,5-7H2/t10-,12-,13-/m1/s1. The number of carbonyl (C=O) groups is 1. The zero-order chi connectivity index (χ0) is 15.1. The minimum Gasteiger partial charge on any atom is -0.394 e. The van der Waals surface area contributed by atoms with Crippen LogP contribution in [0.1, 0.15) is 5.56 Å². The van der Waals surface area contributed by atoms with Gasteiger partial charge in [0.25, 0.3) is 0 Å². The summed E-state index contributed by atoms with van der Waals surface area (Å²) in [6.45, 7) is -1.47. The highest BCUT2D eigenvalue weighted by atomic mass is 127. The fraction of sp³-hybridized carbons (Fsp3) is 0.462. The Morgan fingerprint density at radius 1 is 1.20 bits per heavy atom. The molecule has 0 aliphatic heterocycles. The van der Waals surface area contributed by atoms with Crippen LogP contribution < -0.4 is 0 Å². The van der Waals surface area contributed by atoms with E-state index in [0.29, 0.717) is 0 Å². The Labute approximate surface area is 130 Å². The molecule has 7 heteroatoms. The number of ketones is 1. The molecule has 0 heterocycles. The van der Waals surface area contributed by atoms with Gasteiger partial charge in [-0.3, -0.25) is 4.79 Å². The fourth-order valence-electron chi connectivity index (χ4n) is 1.55. The van der Waals surface area contributed by atoms with Gasteiger partial charge in [-0.15, -0.1) is 0 Å². The van der Waals surface area contributed by atoms with Crippen LogP contribution in [0.25, 0.3) is 0 Å². The molecule has 0 aliphatic carbocycles. The number of halogens is 1. The molecule has 0 bridgehead atoms. The van der Waals surface area contributed by atoms with Crippen molar-refractivity contribution >= 4 is 28.4 Å². The van der Waals surface area contributed by atoms with Crippen molar-refractivity contribution in [3.05, 3.63) is 33.4 Å². The zero-order valence-corrected chi connectivity index (χ0v) is 12.8. The van der Waals surface area contributed by atoms with E-state index < -0.39 is 37.3 Å². The summed E-state index contributed by atoms with van der Waals surface area (Å²) in [6, 6.07) is 7.33. The van der Waals surface area contributed by atoms with Crippen molar-refractivity contribution in [3.8, 4) is 0 Å². The highest BCUT2D eigenvalue weighted by Gasteiger charge is 2.32. The molecule has 1 aromatic rings. The molecule has 1 rings (SSSR count). The van der Waals surface area contributed by atoms with E-state index in [0.717, 1.165) is 9.13 Å². The molecule has 0 amide bonds. The van der Waals surface area contributed by atoms with Gasteiger partial charge in [0.1, 0.15) is 24.9 Å². The van der Waals surface area contributed by atoms with E-state index in [1.165, 1.54) is 0 Å². The number of hydrogen-bond acceptors (Lipinski definition) is 6. The molecule has 0 unspecified atom stereocenters. The number of rotatable bonds is 8. The summed E-state index contributed by atoms with van der Waals surface area (Å²) in [4.78, 5) is 11.5. The first-order valence-corrected chi connectivity index (χ1v) is 7.04. The monoisotopic (exact) mass is 396 g/mol. The maximum atomic E-state index is 11.5. The Morgan fingerprint density at radius 3 is 2.30 bits per heavy atom. The predicted molar refractivity (Wildman–Crippen MR) is 78.9 cm³/mol. The van der Waals surface area contributed by atoms with Crippen molar-refractivity contribution in [1.29, 1.82) is 0 Å². The van der Waals surface area contributed by atoms with Gasteiger partial charge >= 0.3 is 0 Å². The lowest BCUT2D eigenvalue weighted by Crippen LogP contribution is -2.46. The Kier molecular flexibility index (Phi) is 7.56. The van der Waals surface area contributed by atoms with Gasteiger partial charge in [0.15, 0.2) is 5.78 Å². The van der Waals surface area contributed by atoms with Gasteiger partial charge in [0.05, 0.1) is 13.2 Å². The molecule has 1 aromatic carbocycles. The molecule has 4 N–H and O–H groups in total. The molecule has 0 fully saturated rings. The average Bonchev–Trinajstić information content (AvgIpc) is 2.47. The van der Waals surface area contributed by atoms with E-state index in [1.807, 2.05) is 12.1 Å². The van der Waals surface area contributed by atoms with Crippen molar-refractivity contribution in [2.24, 2.45) is 0 Å². The van der Waals surface area contributed by atoms with Crippen LogP contribution in [-0.4, -0.2) is 57.7 Å². The summed E-state index contributed by atoms with van der Waals surface area (Å²) >= 11 is 2.15. The molecule has 0 spiro atoms. The largest absolute Gasteiger partial charge is 0.394 e. The van der Waals surface area contributed by atoms with E-state index in [1.54, 1.807) is 12.1 Å². The quantitative estimate of drug-likeness (QED) is 0.440. The van der Waals surface area contributed by atoms with Crippen LogP contribution in [0.3, 0.4) is 0 Å². The molecule has 112 valence electrons. The second-order valence-corrected chi connectivity index (χ2v) is 5.47. The molecule has 0 aromatic heterocycles. The number of ether oxygens (including phenoxy) is 1. The third kappa shape index (κ3) is 5.08. The Balaban J connectivity index is 2.70. The van der Waals surface area contributed by atoms with E-state index in [4.69, 9.17) is 14.9 Å². The number of aliphatic hydroxyl groups excluding tert-OH is 4.